The van der Waals surface area contributed by atoms with Crippen molar-refractivity contribution in [2.24, 2.45) is 0 Å². The minimum absolute atomic E-state index is 0.255. The number of hydrogen-bond acceptors (Lipinski definition) is 5. The van der Waals surface area contributed by atoms with E-state index >= 15 is 0 Å². The molecule has 5 nitrogen and oxygen atoms in total. The lowest BCUT2D eigenvalue weighted by Crippen LogP contribution is -2.20. The number of nitrogens with one attached hydrogen (secondary N) is 1. The zero-order valence-corrected chi connectivity index (χ0v) is 14.0. The number of benzene rings is 2. The van der Waals surface area contributed by atoms with Crippen molar-refractivity contribution in [3.05, 3.63) is 48.3 Å². The molecule has 1 fully saturated rings. The summed E-state index contributed by atoms with van der Waals surface area (Å²) < 4.78 is 5.71. The molecular weight excluding hydrogens is 322 g/mol. The zero-order chi connectivity index (χ0) is 16.4. The van der Waals surface area contributed by atoms with Gasteiger partial charge >= 0.3 is 0 Å². The number of aromatic nitrogens is 3. The minimum Gasteiger partial charge on any atom is -0.491 e. The molecule has 2 N–H and O–H groups in total. The summed E-state index contributed by atoms with van der Waals surface area (Å²) in [5, 5.41) is 20.3. The first kappa shape index (κ1) is 15.5. The molecule has 2 aromatic carbocycles. The Hall–Kier alpha value is -2.05. The van der Waals surface area contributed by atoms with E-state index in [2.05, 4.69) is 27.3 Å². The number of rotatable bonds is 7. The number of aliphatic hydroxyl groups is 1. The van der Waals surface area contributed by atoms with Crippen LogP contribution in [0.15, 0.2) is 47.6 Å². The Labute approximate surface area is 144 Å². The molecule has 1 aromatic heterocycles. The van der Waals surface area contributed by atoms with Crippen LogP contribution in [-0.4, -0.2) is 38.8 Å². The second-order valence-corrected chi connectivity index (χ2v) is 7.05. The number of aliphatic hydroxyl groups excluding tert-OH is 1. The van der Waals surface area contributed by atoms with Gasteiger partial charge in [0.1, 0.15) is 18.2 Å². The van der Waals surface area contributed by atoms with Gasteiger partial charge in [-0.25, -0.2) is 4.98 Å². The van der Waals surface area contributed by atoms with Gasteiger partial charge in [-0.2, -0.15) is 0 Å². The van der Waals surface area contributed by atoms with Gasteiger partial charge in [-0.3, -0.25) is 5.10 Å². The van der Waals surface area contributed by atoms with Crippen molar-refractivity contribution in [3.8, 4) is 5.75 Å². The van der Waals surface area contributed by atoms with Crippen molar-refractivity contribution < 1.29 is 9.84 Å². The van der Waals surface area contributed by atoms with Gasteiger partial charge in [0.15, 0.2) is 0 Å². The van der Waals surface area contributed by atoms with E-state index in [1.165, 1.54) is 30.0 Å². The Morgan fingerprint density at radius 1 is 1.21 bits per heavy atom. The van der Waals surface area contributed by atoms with Gasteiger partial charge in [0.05, 0.1) is 6.10 Å². The van der Waals surface area contributed by atoms with Gasteiger partial charge in [0.2, 0.25) is 5.16 Å². The highest BCUT2D eigenvalue weighted by Gasteiger charge is 2.27. The summed E-state index contributed by atoms with van der Waals surface area (Å²) >= 11 is 1.45. The molecule has 1 aliphatic carbocycles. The third-order valence-corrected chi connectivity index (χ3v) is 5.01. The number of aromatic amines is 1. The van der Waals surface area contributed by atoms with Crippen molar-refractivity contribution >= 4 is 22.5 Å². The Kier molecular flexibility index (Phi) is 4.40. The van der Waals surface area contributed by atoms with Crippen LogP contribution in [0.25, 0.3) is 10.8 Å². The minimum atomic E-state index is -0.565. The first-order chi connectivity index (χ1) is 11.8. The fourth-order valence-electron chi connectivity index (χ4n) is 2.53. The van der Waals surface area contributed by atoms with Gasteiger partial charge in [-0.15, -0.1) is 5.10 Å². The molecule has 1 heterocycles. The number of hydrogen-bond donors (Lipinski definition) is 2. The number of H-pyrrole nitrogens is 1. The maximum absolute atomic E-state index is 10.1. The third kappa shape index (κ3) is 3.71. The topological polar surface area (TPSA) is 71.0 Å². The highest BCUT2D eigenvalue weighted by molar-refractivity contribution is 7.99. The zero-order valence-electron chi connectivity index (χ0n) is 13.2. The lowest BCUT2D eigenvalue weighted by Gasteiger charge is -2.11. The first-order valence-corrected chi connectivity index (χ1v) is 9.11. The largest absolute Gasteiger partial charge is 0.491 e. The van der Waals surface area contributed by atoms with Crippen LogP contribution >= 0.6 is 11.8 Å². The third-order valence-electron chi connectivity index (χ3n) is 4.01. The molecule has 6 heteroatoms. The normalized spacial score (nSPS) is 15.5. The van der Waals surface area contributed by atoms with E-state index in [1.807, 2.05) is 30.3 Å². The van der Waals surface area contributed by atoms with Crippen molar-refractivity contribution in [1.82, 2.24) is 15.2 Å². The van der Waals surface area contributed by atoms with E-state index in [1.54, 1.807) is 0 Å². The molecule has 0 aliphatic heterocycles. The van der Waals surface area contributed by atoms with Gasteiger partial charge in [0.25, 0.3) is 0 Å². The SMILES string of the molecule is OC(COc1ccc2ccccc2c1)CSc1n[nH]c(C2CC2)n1. The summed E-state index contributed by atoms with van der Waals surface area (Å²) in [5.41, 5.74) is 0. The van der Waals surface area contributed by atoms with Crippen LogP contribution in [0, 0.1) is 0 Å². The molecule has 0 amide bonds. The lowest BCUT2D eigenvalue weighted by atomic mass is 10.1. The van der Waals surface area contributed by atoms with Crippen molar-refractivity contribution in [1.29, 1.82) is 0 Å². The van der Waals surface area contributed by atoms with E-state index in [0.29, 0.717) is 16.8 Å². The van der Waals surface area contributed by atoms with Gasteiger partial charge in [0, 0.05) is 11.7 Å². The average molecular weight is 341 g/mol. The second-order valence-electron chi connectivity index (χ2n) is 6.06. The van der Waals surface area contributed by atoms with E-state index in [0.717, 1.165) is 17.0 Å². The molecule has 1 unspecified atom stereocenters. The highest BCUT2D eigenvalue weighted by atomic mass is 32.2. The van der Waals surface area contributed by atoms with Crippen LogP contribution in [0.2, 0.25) is 0 Å². The predicted octanol–water partition coefficient (Wildman–Crippen LogP) is 3.37. The summed E-state index contributed by atoms with van der Waals surface area (Å²) in [6, 6.07) is 14.1. The highest BCUT2D eigenvalue weighted by Crippen LogP contribution is 2.38. The Balaban J connectivity index is 1.27. The average Bonchev–Trinajstić information content (AvgIpc) is 3.36. The molecule has 1 aliphatic rings. The second kappa shape index (κ2) is 6.83. The van der Waals surface area contributed by atoms with Crippen LogP contribution in [0.4, 0.5) is 0 Å². The molecule has 0 saturated heterocycles. The molecule has 124 valence electrons. The molecular formula is C18H19N3O2S. The van der Waals surface area contributed by atoms with E-state index in [9.17, 15) is 5.11 Å². The number of ether oxygens (including phenoxy) is 1. The van der Waals surface area contributed by atoms with Crippen LogP contribution in [0.5, 0.6) is 5.75 Å². The number of thioether (sulfide) groups is 1. The van der Waals surface area contributed by atoms with E-state index < -0.39 is 6.10 Å². The molecule has 4 rings (SSSR count). The summed E-state index contributed by atoms with van der Waals surface area (Å²) in [6.07, 6.45) is 1.83. The first-order valence-electron chi connectivity index (χ1n) is 8.13. The fourth-order valence-corrected chi connectivity index (χ4v) is 3.24. The molecule has 0 radical (unpaired) electrons. The standard InChI is InChI=1S/C18H19N3O2S/c22-15(11-24-18-19-17(20-21-18)13-5-6-13)10-23-16-8-7-12-3-1-2-4-14(12)9-16/h1-4,7-9,13,15,22H,5-6,10-11H2,(H,19,20,21). The molecule has 24 heavy (non-hydrogen) atoms. The van der Waals surface area contributed by atoms with Crippen LogP contribution in [0.3, 0.4) is 0 Å². The number of fused-ring (bicyclic) bond motifs is 1. The smallest absolute Gasteiger partial charge is 0.208 e. The summed E-state index contributed by atoms with van der Waals surface area (Å²) in [5.74, 6) is 2.81. The van der Waals surface area contributed by atoms with Crippen LogP contribution in [0.1, 0.15) is 24.6 Å². The predicted molar refractivity (Wildman–Crippen MR) is 94.5 cm³/mol. The van der Waals surface area contributed by atoms with Crippen molar-refractivity contribution in [2.75, 3.05) is 12.4 Å². The maximum atomic E-state index is 10.1. The fraction of sp³-hybridized carbons (Fsp3) is 0.333. The molecule has 0 bridgehead atoms. The molecule has 1 atom stereocenters. The van der Waals surface area contributed by atoms with Gasteiger partial charge in [-0.1, -0.05) is 42.1 Å². The Bertz CT molecular complexity index is 832. The molecule has 0 spiro atoms. The summed E-state index contributed by atoms with van der Waals surface area (Å²) in [7, 11) is 0. The maximum Gasteiger partial charge on any atom is 0.208 e. The summed E-state index contributed by atoms with van der Waals surface area (Å²) in [4.78, 5) is 4.44. The Morgan fingerprint density at radius 2 is 2.04 bits per heavy atom. The number of nitrogens with zero attached hydrogens (tertiary/aromatic N) is 2. The van der Waals surface area contributed by atoms with Crippen LogP contribution < -0.4 is 4.74 Å². The van der Waals surface area contributed by atoms with E-state index in [-0.39, 0.29) is 6.61 Å². The van der Waals surface area contributed by atoms with Crippen LogP contribution in [-0.2, 0) is 0 Å². The lowest BCUT2D eigenvalue weighted by molar-refractivity contribution is 0.126. The van der Waals surface area contributed by atoms with Gasteiger partial charge < -0.3 is 9.84 Å². The monoisotopic (exact) mass is 341 g/mol. The van der Waals surface area contributed by atoms with Gasteiger partial charge in [-0.05, 0) is 35.7 Å². The van der Waals surface area contributed by atoms with Crippen molar-refractivity contribution in [3.63, 3.8) is 0 Å². The van der Waals surface area contributed by atoms with Crippen molar-refractivity contribution in [2.45, 2.75) is 30.0 Å². The Morgan fingerprint density at radius 3 is 2.88 bits per heavy atom. The summed E-state index contributed by atoms with van der Waals surface area (Å²) in [6.45, 7) is 0.255. The molecule has 3 aromatic rings. The van der Waals surface area contributed by atoms with E-state index in [4.69, 9.17) is 4.74 Å². The molecule has 1 saturated carbocycles. The quantitative estimate of drug-likeness (QED) is 0.645.